The monoisotopic (exact) mass is 403 g/mol. The van der Waals surface area contributed by atoms with E-state index in [1.54, 1.807) is 11.8 Å². The smallest absolute Gasteiger partial charge is 0.260 e. The Morgan fingerprint density at radius 2 is 2.18 bits per heavy atom. The summed E-state index contributed by atoms with van der Waals surface area (Å²) in [5.41, 5.74) is 1.38. The van der Waals surface area contributed by atoms with Gasteiger partial charge in [0.25, 0.3) is 5.56 Å². The fraction of sp³-hybridized carbons (Fsp3) is 0.474. The minimum Gasteiger partial charge on any atom is -0.394 e. The van der Waals surface area contributed by atoms with Gasteiger partial charge < -0.3 is 25.4 Å². The number of morpholine rings is 1. The lowest BCUT2D eigenvalue weighted by molar-refractivity contribution is 0.122. The molecule has 2 aliphatic heterocycles. The van der Waals surface area contributed by atoms with E-state index in [1.165, 1.54) is 0 Å². The first-order valence-electron chi connectivity index (χ1n) is 9.56. The molecule has 3 heterocycles. The summed E-state index contributed by atoms with van der Waals surface area (Å²) in [6.07, 6.45) is 0.725. The van der Waals surface area contributed by atoms with Gasteiger partial charge in [-0.05, 0) is 18.6 Å². The molecule has 0 amide bonds. The summed E-state index contributed by atoms with van der Waals surface area (Å²) < 4.78 is 5.40. The van der Waals surface area contributed by atoms with Gasteiger partial charge in [-0.3, -0.25) is 9.78 Å². The van der Waals surface area contributed by atoms with Crippen LogP contribution in [0.25, 0.3) is 0 Å². The lowest BCUT2D eigenvalue weighted by Gasteiger charge is -2.28. The first kappa shape index (κ1) is 19.1. The van der Waals surface area contributed by atoms with Crippen LogP contribution in [0.5, 0.6) is 0 Å². The predicted molar refractivity (Wildman–Crippen MR) is 111 cm³/mol. The number of benzene rings is 1. The number of hydrogen-bond acceptors (Lipinski definition) is 8. The van der Waals surface area contributed by atoms with Crippen molar-refractivity contribution in [3.05, 3.63) is 40.2 Å². The predicted octanol–water partition coefficient (Wildman–Crippen LogP) is 2.01. The molecule has 0 radical (unpaired) electrons. The third-order valence-electron chi connectivity index (χ3n) is 4.99. The number of nitrogens with zero attached hydrogens (tertiary/aromatic N) is 2. The third kappa shape index (κ3) is 3.82. The topological polar surface area (TPSA) is 103 Å². The number of aliphatic hydroxyl groups is 1. The molecule has 0 spiro atoms. The SMILES string of the molecule is CCC(CO)Nc1nc(N2CCOCC2)[nH]c(=O)c1C1Nc2ccccc2S1. The van der Waals surface area contributed by atoms with Crippen molar-refractivity contribution in [2.75, 3.05) is 48.4 Å². The van der Waals surface area contributed by atoms with Crippen LogP contribution < -0.4 is 21.1 Å². The van der Waals surface area contributed by atoms with Gasteiger partial charge in [0.1, 0.15) is 11.2 Å². The van der Waals surface area contributed by atoms with Crippen LogP contribution in [-0.4, -0.2) is 54.0 Å². The molecular formula is C19H25N5O3S. The number of H-pyrrole nitrogens is 1. The molecule has 2 aromatic rings. The van der Waals surface area contributed by atoms with Crippen molar-refractivity contribution in [1.29, 1.82) is 0 Å². The maximum Gasteiger partial charge on any atom is 0.260 e. The summed E-state index contributed by atoms with van der Waals surface area (Å²) in [7, 11) is 0. The largest absolute Gasteiger partial charge is 0.394 e. The molecule has 4 N–H and O–H groups in total. The number of aliphatic hydroxyl groups excluding tert-OH is 1. The molecule has 2 aliphatic rings. The molecule has 1 aromatic heterocycles. The first-order chi connectivity index (χ1) is 13.7. The second kappa shape index (κ2) is 8.42. The molecule has 2 unspecified atom stereocenters. The second-order valence-electron chi connectivity index (χ2n) is 6.82. The highest BCUT2D eigenvalue weighted by Crippen LogP contribution is 2.46. The third-order valence-corrected chi connectivity index (χ3v) is 6.19. The Morgan fingerprint density at radius 3 is 2.89 bits per heavy atom. The minimum atomic E-state index is -0.244. The van der Waals surface area contributed by atoms with Gasteiger partial charge in [0, 0.05) is 23.7 Å². The Hall–Kier alpha value is -2.23. The van der Waals surface area contributed by atoms with Crippen molar-refractivity contribution in [3.8, 4) is 0 Å². The van der Waals surface area contributed by atoms with Crippen molar-refractivity contribution in [2.45, 2.75) is 29.7 Å². The Bertz CT molecular complexity index is 855. The van der Waals surface area contributed by atoms with Gasteiger partial charge in [-0.1, -0.05) is 30.8 Å². The molecule has 1 aromatic carbocycles. The maximum atomic E-state index is 13.1. The highest BCUT2D eigenvalue weighted by Gasteiger charge is 2.30. The van der Waals surface area contributed by atoms with E-state index in [9.17, 15) is 9.90 Å². The van der Waals surface area contributed by atoms with Crippen molar-refractivity contribution in [2.24, 2.45) is 0 Å². The fourth-order valence-corrected chi connectivity index (χ4v) is 4.52. The Labute approximate surface area is 167 Å². The van der Waals surface area contributed by atoms with E-state index in [1.807, 2.05) is 36.1 Å². The summed E-state index contributed by atoms with van der Waals surface area (Å²) in [6.45, 7) is 4.54. The molecule has 150 valence electrons. The number of thioether (sulfide) groups is 1. The van der Waals surface area contributed by atoms with Crippen LogP contribution in [0.3, 0.4) is 0 Å². The zero-order valence-corrected chi connectivity index (χ0v) is 16.6. The zero-order chi connectivity index (χ0) is 19.5. The molecule has 9 heteroatoms. The molecular weight excluding hydrogens is 378 g/mol. The molecule has 0 bridgehead atoms. The normalized spacial score (nSPS) is 19.8. The minimum absolute atomic E-state index is 0.0250. The quantitative estimate of drug-likeness (QED) is 0.581. The maximum absolute atomic E-state index is 13.1. The first-order valence-corrected chi connectivity index (χ1v) is 10.4. The Morgan fingerprint density at radius 1 is 1.39 bits per heavy atom. The average Bonchev–Trinajstić information content (AvgIpc) is 3.15. The second-order valence-corrected chi connectivity index (χ2v) is 7.97. The summed E-state index contributed by atoms with van der Waals surface area (Å²) in [6, 6.07) is 7.82. The number of hydrogen-bond donors (Lipinski definition) is 4. The highest BCUT2D eigenvalue weighted by molar-refractivity contribution is 8.00. The van der Waals surface area contributed by atoms with Crippen LogP contribution in [0.15, 0.2) is 34.0 Å². The van der Waals surface area contributed by atoms with Crippen LogP contribution >= 0.6 is 11.8 Å². The van der Waals surface area contributed by atoms with Crippen molar-refractivity contribution >= 4 is 29.2 Å². The van der Waals surface area contributed by atoms with Crippen LogP contribution in [0.1, 0.15) is 24.3 Å². The van der Waals surface area contributed by atoms with E-state index in [-0.39, 0.29) is 23.6 Å². The van der Waals surface area contributed by atoms with E-state index < -0.39 is 0 Å². The summed E-state index contributed by atoms with van der Waals surface area (Å²) in [5, 5.41) is 16.1. The van der Waals surface area contributed by atoms with Crippen LogP contribution in [0.2, 0.25) is 0 Å². The molecule has 2 atom stereocenters. The lowest BCUT2D eigenvalue weighted by Crippen LogP contribution is -2.39. The number of rotatable bonds is 6. The number of aromatic amines is 1. The van der Waals surface area contributed by atoms with Gasteiger partial charge >= 0.3 is 0 Å². The summed E-state index contributed by atoms with van der Waals surface area (Å²) >= 11 is 1.59. The summed E-state index contributed by atoms with van der Waals surface area (Å²) in [4.78, 5) is 23.9. The molecule has 0 saturated carbocycles. The van der Waals surface area contributed by atoms with Crippen LogP contribution in [-0.2, 0) is 4.74 Å². The number of aromatic nitrogens is 2. The number of fused-ring (bicyclic) bond motifs is 1. The fourth-order valence-electron chi connectivity index (χ4n) is 3.34. The zero-order valence-electron chi connectivity index (χ0n) is 15.8. The van der Waals surface area contributed by atoms with Crippen molar-refractivity contribution < 1.29 is 9.84 Å². The summed E-state index contributed by atoms with van der Waals surface area (Å²) in [5.74, 6) is 1.05. The van der Waals surface area contributed by atoms with Gasteiger partial charge in [0.15, 0.2) is 0 Å². The Balaban J connectivity index is 1.71. The van der Waals surface area contributed by atoms with Crippen molar-refractivity contribution in [1.82, 2.24) is 9.97 Å². The van der Waals surface area contributed by atoms with Crippen LogP contribution in [0.4, 0.5) is 17.5 Å². The van der Waals surface area contributed by atoms with Gasteiger partial charge in [0.2, 0.25) is 5.95 Å². The molecule has 28 heavy (non-hydrogen) atoms. The standard InChI is InChI=1S/C19H25N5O3S/c1-2-12(11-25)20-16-15(18-21-13-5-3-4-6-14(13)28-18)17(26)23-19(22-16)24-7-9-27-10-8-24/h3-6,12,18,21,25H,2,7-11H2,1H3,(H2,20,22,23,26). The van der Waals surface area contributed by atoms with Gasteiger partial charge in [-0.2, -0.15) is 4.98 Å². The highest BCUT2D eigenvalue weighted by atomic mass is 32.2. The number of para-hydroxylation sites is 1. The Kier molecular flexibility index (Phi) is 5.74. The van der Waals surface area contributed by atoms with E-state index in [4.69, 9.17) is 9.72 Å². The van der Waals surface area contributed by atoms with E-state index in [2.05, 4.69) is 15.6 Å². The molecule has 0 aliphatic carbocycles. The molecule has 8 nitrogen and oxygen atoms in total. The van der Waals surface area contributed by atoms with E-state index in [0.29, 0.717) is 43.6 Å². The lowest BCUT2D eigenvalue weighted by atomic mass is 10.2. The number of anilines is 3. The van der Waals surface area contributed by atoms with Crippen molar-refractivity contribution in [3.63, 3.8) is 0 Å². The molecule has 1 fully saturated rings. The van der Waals surface area contributed by atoms with Crippen LogP contribution in [0, 0.1) is 0 Å². The molecule has 4 rings (SSSR count). The van der Waals surface area contributed by atoms with Gasteiger partial charge in [-0.15, -0.1) is 0 Å². The van der Waals surface area contributed by atoms with E-state index >= 15 is 0 Å². The number of ether oxygens (including phenoxy) is 1. The molecule has 1 saturated heterocycles. The van der Waals surface area contributed by atoms with Gasteiger partial charge in [-0.25, -0.2) is 0 Å². The van der Waals surface area contributed by atoms with E-state index in [0.717, 1.165) is 17.0 Å². The number of nitrogens with one attached hydrogen (secondary N) is 3. The van der Waals surface area contributed by atoms with Gasteiger partial charge in [0.05, 0.1) is 31.4 Å². The average molecular weight is 404 g/mol.